The second kappa shape index (κ2) is 9.12. The summed E-state index contributed by atoms with van der Waals surface area (Å²) in [4.78, 5) is 17.1. The third-order valence-electron chi connectivity index (χ3n) is 4.62. The van der Waals surface area contributed by atoms with Gasteiger partial charge in [0.2, 0.25) is 5.89 Å². The predicted molar refractivity (Wildman–Crippen MR) is 99.2 cm³/mol. The largest absolute Gasteiger partial charge is 0.368 e. The van der Waals surface area contributed by atoms with Gasteiger partial charge in [-0.05, 0) is 38.4 Å². The summed E-state index contributed by atoms with van der Waals surface area (Å²) in [5.41, 5.74) is 0.325. The molecule has 0 aliphatic carbocycles. The number of amides is 1. The van der Waals surface area contributed by atoms with E-state index in [0.717, 1.165) is 18.7 Å². The van der Waals surface area contributed by atoms with E-state index in [-0.39, 0.29) is 24.4 Å². The number of hydrogen-bond donors (Lipinski definition) is 2. The highest BCUT2D eigenvalue weighted by Crippen LogP contribution is 2.24. The summed E-state index contributed by atoms with van der Waals surface area (Å²) in [6, 6.07) is 9.58. The van der Waals surface area contributed by atoms with Crippen LogP contribution in [-0.4, -0.2) is 41.8 Å². The molecule has 1 unspecified atom stereocenters. The minimum atomic E-state index is -0.785. The number of aromatic nitrogens is 2. The minimum Gasteiger partial charge on any atom is -0.368 e. The molecule has 2 heterocycles. The van der Waals surface area contributed by atoms with E-state index in [0.29, 0.717) is 31.0 Å². The Morgan fingerprint density at radius 3 is 2.69 bits per heavy atom. The van der Waals surface area contributed by atoms with Gasteiger partial charge in [0.05, 0.1) is 0 Å². The van der Waals surface area contributed by atoms with Gasteiger partial charge in [-0.15, -0.1) is 12.4 Å². The van der Waals surface area contributed by atoms with Gasteiger partial charge in [0.15, 0.2) is 5.82 Å². The lowest BCUT2D eigenvalue weighted by molar-refractivity contribution is -0.147. The molecule has 0 radical (unpaired) electrons. The van der Waals surface area contributed by atoms with Crippen LogP contribution in [-0.2, 0) is 16.0 Å². The number of benzene rings is 1. The number of halogens is 1. The third kappa shape index (κ3) is 4.60. The first kappa shape index (κ1) is 20.4. The second-order valence-electron chi connectivity index (χ2n) is 6.35. The molecular formula is C18H25ClN4O3. The first-order chi connectivity index (χ1) is 12.1. The molecular weight excluding hydrogens is 356 g/mol. The van der Waals surface area contributed by atoms with Gasteiger partial charge < -0.3 is 19.9 Å². The van der Waals surface area contributed by atoms with Crippen LogP contribution in [0.5, 0.6) is 0 Å². The molecule has 1 saturated heterocycles. The molecule has 142 valence electrons. The molecule has 1 atom stereocenters. The van der Waals surface area contributed by atoms with E-state index >= 15 is 0 Å². The fraction of sp³-hybridized carbons (Fsp3) is 0.500. The van der Waals surface area contributed by atoms with Crippen molar-refractivity contribution in [2.45, 2.75) is 37.8 Å². The summed E-state index contributed by atoms with van der Waals surface area (Å²) in [7, 11) is 1.58. The standard InChI is InChI=1S/C18H24N4O3.ClH/c1-13(20-17(23)18(24-2)8-10-19-11-9-18)16-21-15(22-25-16)12-14-6-4-3-5-7-14;/h3-7,13,19H,8-12H2,1-2H3,(H,20,23);1H. The van der Waals surface area contributed by atoms with E-state index in [1.165, 1.54) is 0 Å². The Labute approximate surface area is 159 Å². The first-order valence-corrected chi connectivity index (χ1v) is 8.56. The molecule has 26 heavy (non-hydrogen) atoms. The Hall–Kier alpha value is -1.96. The summed E-state index contributed by atoms with van der Waals surface area (Å²) in [5.74, 6) is 0.872. The lowest BCUT2D eigenvalue weighted by Crippen LogP contribution is -2.54. The van der Waals surface area contributed by atoms with E-state index in [1.54, 1.807) is 7.11 Å². The predicted octanol–water partition coefficient (Wildman–Crippen LogP) is 2.03. The average Bonchev–Trinajstić information content (AvgIpc) is 3.11. The van der Waals surface area contributed by atoms with E-state index < -0.39 is 5.60 Å². The summed E-state index contributed by atoms with van der Waals surface area (Å²) in [5, 5.41) is 10.2. The minimum absolute atomic E-state index is 0. The maximum atomic E-state index is 12.7. The lowest BCUT2D eigenvalue weighted by Gasteiger charge is -2.35. The highest BCUT2D eigenvalue weighted by molar-refractivity contribution is 5.86. The van der Waals surface area contributed by atoms with Crippen LogP contribution in [0.2, 0.25) is 0 Å². The van der Waals surface area contributed by atoms with E-state index in [9.17, 15) is 4.79 Å². The Morgan fingerprint density at radius 2 is 2.04 bits per heavy atom. The first-order valence-electron chi connectivity index (χ1n) is 8.56. The van der Waals surface area contributed by atoms with Crippen LogP contribution in [0.25, 0.3) is 0 Å². The van der Waals surface area contributed by atoms with Crippen LogP contribution in [0.3, 0.4) is 0 Å². The van der Waals surface area contributed by atoms with Gasteiger partial charge in [0.1, 0.15) is 11.6 Å². The highest BCUT2D eigenvalue weighted by Gasteiger charge is 2.40. The fourth-order valence-electron chi connectivity index (χ4n) is 3.04. The van der Waals surface area contributed by atoms with Crippen molar-refractivity contribution in [2.24, 2.45) is 0 Å². The van der Waals surface area contributed by atoms with Gasteiger partial charge in [-0.1, -0.05) is 35.5 Å². The zero-order valence-electron chi connectivity index (χ0n) is 15.0. The monoisotopic (exact) mass is 380 g/mol. The Morgan fingerprint density at radius 1 is 1.35 bits per heavy atom. The van der Waals surface area contributed by atoms with Gasteiger partial charge in [-0.3, -0.25) is 4.79 Å². The van der Waals surface area contributed by atoms with Crippen LogP contribution in [0.15, 0.2) is 34.9 Å². The summed E-state index contributed by atoms with van der Waals surface area (Å²) in [6.07, 6.45) is 1.88. The Balaban J connectivity index is 0.00000243. The summed E-state index contributed by atoms with van der Waals surface area (Å²) in [6.45, 7) is 3.36. The molecule has 1 fully saturated rings. The Bertz CT molecular complexity index is 701. The average molecular weight is 381 g/mol. The zero-order valence-corrected chi connectivity index (χ0v) is 15.8. The zero-order chi connectivity index (χ0) is 17.7. The molecule has 1 amide bonds. The van der Waals surface area contributed by atoms with Crippen molar-refractivity contribution in [3.8, 4) is 0 Å². The van der Waals surface area contributed by atoms with Crippen LogP contribution < -0.4 is 10.6 Å². The van der Waals surface area contributed by atoms with E-state index in [4.69, 9.17) is 9.26 Å². The van der Waals surface area contributed by atoms with Gasteiger partial charge in [-0.25, -0.2) is 0 Å². The molecule has 3 rings (SSSR count). The van der Waals surface area contributed by atoms with Gasteiger partial charge in [-0.2, -0.15) is 4.98 Å². The number of carbonyl (C=O) groups excluding carboxylic acids is 1. The molecule has 0 spiro atoms. The van der Waals surface area contributed by atoms with Crippen molar-refractivity contribution in [1.29, 1.82) is 0 Å². The molecule has 7 nitrogen and oxygen atoms in total. The van der Waals surface area contributed by atoms with Crippen molar-refractivity contribution in [3.05, 3.63) is 47.6 Å². The number of rotatable bonds is 6. The lowest BCUT2D eigenvalue weighted by atomic mass is 9.91. The molecule has 1 aromatic heterocycles. The number of carbonyl (C=O) groups is 1. The van der Waals surface area contributed by atoms with Crippen molar-refractivity contribution >= 4 is 18.3 Å². The topological polar surface area (TPSA) is 89.3 Å². The van der Waals surface area contributed by atoms with Crippen LogP contribution in [0.4, 0.5) is 0 Å². The maximum absolute atomic E-state index is 12.7. The number of methoxy groups -OCH3 is 1. The van der Waals surface area contributed by atoms with Gasteiger partial charge >= 0.3 is 0 Å². The molecule has 1 aromatic carbocycles. The summed E-state index contributed by atoms with van der Waals surface area (Å²) >= 11 is 0. The van der Waals surface area contributed by atoms with Crippen molar-refractivity contribution in [1.82, 2.24) is 20.8 Å². The van der Waals surface area contributed by atoms with Crippen molar-refractivity contribution in [2.75, 3.05) is 20.2 Å². The maximum Gasteiger partial charge on any atom is 0.252 e. The SMILES string of the molecule is COC1(C(=O)NC(C)c2nc(Cc3ccccc3)no2)CCNCC1.Cl. The van der Waals surface area contributed by atoms with E-state index in [2.05, 4.69) is 20.8 Å². The third-order valence-corrected chi connectivity index (χ3v) is 4.62. The highest BCUT2D eigenvalue weighted by atomic mass is 35.5. The molecule has 1 aliphatic rings. The summed E-state index contributed by atoms with van der Waals surface area (Å²) < 4.78 is 10.9. The fourth-order valence-corrected chi connectivity index (χ4v) is 3.04. The second-order valence-corrected chi connectivity index (χ2v) is 6.35. The normalized spacial score (nSPS) is 17.2. The molecule has 0 saturated carbocycles. The number of hydrogen-bond acceptors (Lipinski definition) is 6. The van der Waals surface area contributed by atoms with Crippen molar-refractivity contribution < 1.29 is 14.1 Å². The quantitative estimate of drug-likeness (QED) is 0.797. The van der Waals surface area contributed by atoms with E-state index in [1.807, 2.05) is 37.3 Å². The van der Waals surface area contributed by atoms with Crippen LogP contribution in [0.1, 0.15) is 43.1 Å². The molecule has 8 heteroatoms. The van der Waals surface area contributed by atoms with Crippen LogP contribution in [0, 0.1) is 0 Å². The van der Waals surface area contributed by atoms with Crippen molar-refractivity contribution in [3.63, 3.8) is 0 Å². The molecule has 0 bridgehead atoms. The molecule has 1 aliphatic heterocycles. The molecule has 2 N–H and O–H groups in total. The van der Waals surface area contributed by atoms with Gasteiger partial charge in [0, 0.05) is 13.5 Å². The Kier molecular flexibility index (Phi) is 7.14. The number of ether oxygens (including phenoxy) is 1. The smallest absolute Gasteiger partial charge is 0.252 e. The number of piperidine rings is 1. The van der Waals surface area contributed by atoms with Crippen LogP contribution >= 0.6 is 12.4 Å². The number of nitrogens with zero attached hydrogens (tertiary/aromatic N) is 2. The number of nitrogens with one attached hydrogen (secondary N) is 2. The van der Waals surface area contributed by atoms with Gasteiger partial charge in [0.25, 0.3) is 5.91 Å². The molecule has 2 aromatic rings.